The SMILES string of the molecule is CCNC(=NCc1ccc(F)cc1C(F)(F)F)NCCc1nc(-c2ccco2)n[nH]1. The first-order chi connectivity index (χ1) is 14.4. The number of furan rings is 1. The van der Waals surface area contributed by atoms with Gasteiger partial charge in [-0.25, -0.2) is 14.4 Å². The van der Waals surface area contributed by atoms with Crippen LogP contribution >= 0.6 is 0 Å². The number of aliphatic imine (C=N–C) groups is 1. The molecule has 30 heavy (non-hydrogen) atoms. The molecule has 3 aromatic rings. The third kappa shape index (κ3) is 5.58. The van der Waals surface area contributed by atoms with Gasteiger partial charge in [-0.15, -0.1) is 0 Å². The average molecular weight is 424 g/mol. The van der Waals surface area contributed by atoms with Crippen LogP contribution in [0.5, 0.6) is 0 Å². The van der Waals surface area contributed by atoms with Crippen LogP contribution in [0.1, 0.15) is 23.9 Å². The van der Waals surface area contributed by atoms with Crippen LogP contribution in [-0.2, 0) is 19.1 Å². The van der Waals surface area contributed by atoms with Crippen molar-refractivity contribution in [1.29, 1.82) is 0 Å². The van der Waals surface area contributed by atoms with Crippen LogP contribution in [0.2, 0.25) is 0 Å². The van der Waals surface area contributed by atoms with E-state index in [1.165, 1.54) is 6.26 Å². The quantitative estimate of drug-likeness (QED) is 0.307. The van der Waals surface area contributed by atoms with Gasteiger partial charge in [0, 0.05) is 19.5 Å². The van der Waals surface area contributed by atoms with Crippen LogP contribution in [0.25, 0.3) is 11.6 Å². The Hall–Kier alpha value is -3.37. The zero-order valence-electron chi connectivity index (χ0n) is 16.1. The Labute approximate surface area is 169 Å². The Morgan fingerprint density at radius 3 is 2.77 bits per heavy atom. The molecule has 0 atom stereocenters. The van der Waals surface area contributed by atoms with Gasteiger partial charge in [-0.05, 0) is 36.8 Å². The van der Waals surface area contributed by atoms with Gasteiger partial charge in [0.05, 0.1) is 18.4 Å². The Morgan fingerprint density at radius 1 is 1.23 bits per heavy atom. The summed E-state index contributed by atoms with van der Waals surface area (Å²) in [4.78, 5) is 8.49. The Morgan fingerprint density at radius 2 is 2.07 bits per heavy atom. The number of rotatable bonds is 7. The summed E-state index contributed by atoms with van der Waals surface area (Å²) in [6, 6.07) is 6.03. The van der Waals surface area contributed by atoms with Gasteiger partial charge in [0.25, 0.3) is 0 Å². The number of hydrogen-bond acceptors (Lipinski definition) is 4. The lowest BCUT2D eigenvalue weighted by molar-refractivity contribution is -0.138. The maximum atomic E-state index is 13.2. The first kappa shape index (κ1) is 21.3. The van der Waals surface area contributed by atoms with E-state index >= 15 is 0 Å². The van der Waals surface area contributed by atoms with Crippen LogP contribution in [0.3, 0.4) is 0 Å². The van der Waals surface area contributed by atoms with Gasteiger partial charge in [-0.3, -0.25) is 5.10 Å². The van der Waals surface area contributed by atoms with Crippen molar-refractivity contribution in [3.63, 3.8) is 0 Å². The molecule has 7 nitrogen and oxygen atoms in total. The van der Waals surface area contributed by atoms with E-state index in [0.29, 0.717) is 48.9 Å². The first-order valence-electron chi connectivity index (χ1n) is 9.19. The average Bonchev–Trinajstić information content (AvgIpc) is 3.38. The predicted octanol–water partition coefficient (Wildman–Crippen LogP) is 3.52. The van der Waals surface area contributed by atoms with E-state index in [0.717, 1.165) is 12.1 Å². The number of nitrogens with one attached hydrogen (secondary N) is 3. The van der Waals surface area contributed by atoms with Crippen molar-refractivity contribution in [3.05, 3.63) is 59.4 Å². The van der Waals surface area contributed by atoms with Crippen molar-refractivity contribution in [2.45, 2.75) is 26.1 Å². The first-order valence-corrected chi connectivity index (χ1v) is 9.19. The van der Waals surface area contributed by atoms with E-state index in [1.54, 1.807) is 12.1 Å². The highest BCUT2D eigenvalue weighted by molar-refractivity contribution is 5.79. The van der Waals surface area contributed by atoms with Crippen molar-refractivity contribution in [1.82, 2.24) is 25.8 Å². The lowest BCUT2D eigenvalue weighted by Crippen LogP contribution is -2.38. The van der Waals surface area contributed by atoms with Crippen molar-refractivity contribution in [3.8, 4) is 11.6 Å². The minimum absolute atomic E-state index is 0.112. The molecule has 0 fully saturated rings. The fourth-order valence-corrected chi connectivity index (χ4v) is 2.68. The molecule has 0 aliphatic carbocycles. The maximum absolute atomic E-state index is 13.2. The molecule has 0 saturated heterocycles. The summed E-state index contributed by atoms with van der Waals surface area (Å²) in [5, 5.41) is 12.9. The third-order valence-electron chi connectivity index (χ3n) is 4.06. The smallest absolute Gasteiger partial charge is 0.416 e. The number of aromatic amines is 1. The van der Waals surface area contributed by atoms with E-state index in [1.807, 2.05) is 6.92 Å². The molecular weight excluding hydrogens is 404 g/mol. The van der Waals surface area contributed by atoms with Gasteiger partial charge in [0.2, 0.25) is 5.82 Å². The minimum atomic E-state index is -4.66. The Balaban J connectivity index is 1.62. The summed E-state index contributed by atoms with van der Waals surface area (Å²) in [6.45, 7) is 2.51. The number of alkyl halides is 3. The second kappa shape index (κ2) is 9.42. The number of guanidine groups is 1. The molecule has 2 heterocycles. The van der Waals surface area contributed by atoms with Crippen molar-refractivity contribution in [2.75, 3.05) is 13.1 Å². The monoisotopic (exact) mass is 424 g/mol. The van der Waals surface area contributed by atoms with Gasteiger partial charge in [-0.1, -0.05) is 6.07 Å². The number of halogens is 4. The largest absolute Gasteiger partial charge is 0.461 e. The number of benzene rings is 1. The minimum Gasteiger partial charge on any atom is -0.461 e. The standard InChI is InChI=1S/C19H20F4N6O/c1-2-24-18(26-11-12-5-6-13(20)10-14(12)19(21,22)23)25-8-7-16-27-17(29-28-16)15-4-3-9-30-15/h3-6,9-10H,2,7-8,11H2,1H3,(H2,24,25,26)(H,27,28,29). The highest BCUT2D eigenvalue weighted by atomic mass is 19.4. The summed E-state index contributed by atoms with van der Waals surface area (Å²) in [5.41, 5.74) is -1.14. The zero-order chi connectivity index (χ0) is 21.6. The lowest BCUT2D eigenvalue weighted by atomic mass is 10.1. The van der Waals surface area contributed by atoms with E-state index in [9.17, 15) is 17.6 Å². The van der Waals surface area contributed by atoms with Crippen LogP contribution in [0, 0.1) is 5.82 Å². The molecule has 3 N–H and O–H groups in total. The van der Waals surface area contributed by atoms with Crippen LogP contribution in [-0.4, -0.2) is 34.2 Å². The van der Waals surface area contributed by atoms with E-state index in [-0.39, 0.29) is 12.1 Å². The molecule has 2 aromatic heterocycles. The molecule has 3 rings (SSSR count). The van der Waals surface area contributed by atoms with Gasteiger partial charge < -0.3 is 15.1 Å². The molecule has 0 amide bonds. The topological polar surface area (TPSA) is 91.1 Å². The molecule has 0 spiro atoms. The normalized spacial score (nSPS) is 12.2. The van der Waals surface area contributed by atoms with Crippen molar-refractivity contribution in [2.24, 2.45) is 4.99 Å². The van der Waals surface area contributed by atoms with E-state index in [4.69, 9.17) is 4.42 Å². The third-order valence-corrected chi connectivity index (χ3v) is 4.06. The second-order valence-electron chi connectivity index (χ2n) is 6.25. The molecule has 0 aliphatic rings. The maximum Gasteiger partial charge on any atom is 0.416 e. The lowest BCUT2D eigenvalue weighted by Gasteiger charge is -2.13. The highest BCUT2D eigenvalue weighted by Gasteiger charge is 2.33. The molecule has 0 saturated carbocycles. The van der Waals surface area contributed by atoms with Crippen LogP contribution < -0.4 is 10.6 Å². The molecule has 0 aliphatic heterocycles. The molecule has 0 unspecified atom stereocenters. The molecule has 160 valence electrons. The van der Waals surface area contributed by atoms with Crippen LogP contribution in [0.15, 0.2) is 46.0 Å². The van der Waals surface area contributed by atoms with Crippen molar-refractivity contribution < 1.29 is 22.0 Å². The van der Waals surface area contributed by atoms with Gasteiger partial charge in [-0.2, -0.15) is 18.3 Å². The zero-order valence-corrected chi connectivity index (χ0v) is 16.1. The van der Waals surface area contributed by atoms with Gasteiger partial charge in [0.15, 0.2) is 11.7 Å². The number of aromatic nitrogens is 3. The van der Waals surface area contributed by atoms with Crippen LogP contribution in [0.4, 0.5) is 17.6 Å². The van der Waals surface area contributed by atoms with Crippen molar-refractivity contribution >= 4 is 5.96 Å². The second-order valence-corrected chi connectivity index (χ2v) is 6.25. The fraction of sp³-hybridized carbons (Fsp3) is 0.316. The summed E-state index contributed by atoms with van der Waals surface area (Å²) >= 11 is 0. The molecule has 0 bridgehead atoms. The summed E-state index contributed by atoms with van der Waals surface area (Å²) in [6.07, 6.45) is -2.66. The Bertz CT molecular complexity index is 981. The number of H-pyrrole nitrogens is 1. The number of nitrogens with zero attached hydrogens (tertiary/aromatic N) is 3. The summed E-state index contributed by atoms with van der Waals surface area (Å²) in [7, 11) is 0. The summed E-state index contributed by atoms with van der Waals surface area (Å²) < 4.78 is 57.8. The molecule has 1 aromatic carbocycles. The fourth-order valence-electron chi connectivity index (χ4n) is 2.68. The van der Waals surface area contributed by atoms with E-state index in [2.05, 4.69) is 30.8 Å². The summed E-state index contributed by atoms with van der Waals surface area (Å²) in [5.74, 6) is 0.983. The number of hydrogen-bond donors (Lipinski definition) is 3. The van der Waals surface area contributed by atoms with Gasteiger partial charge in [0.1, 0.15) is 11.6 Å². The highest BCUT2D eigenvalue weighted by Crippen LogP contribution is 2.32. The molecule has 11 heteroatoms. The van der Waals surface area contributed by atoms with E-state index < -0.39 is 17.6 Å². The Kier molecular flexibility index (Phi) is 6.70. The molecule has 0 radical (unpaired) electrons. The predicted molar refractivity (Wildman–Crippen MR) is 102 cm³/mol. The molecular formula is C19H20F4N6O. The van der Waals surface area contributed by atoms with Gasteiger partial charge >= 0.3 is 6.18 Å².